The van der Waals surface area contributed by atoms with Gasteiger partial charge in [0, 0.05) is 19.3 Å². The largest absolute Gasteiger partial charge is 0.440 e. The number of carbonyl (C=O) groups is 1. The smallest absolute Gasteiger partial charge is 0.422 e. The topological polar surface area (TPSA) is 56.2 Å². The van der Waals surface area contributed by atoms with Crippen molar-refractivity contribution in [1.29, 1.82) is 0 Å². The molecule has 9 heteroatoms. The summed E-state index contributed by atoms with van der Waals surface area (Å²) in [4.78, 5) is 15.5. The summed E-state index contributed by atoms with van der Waals surface area (Å²) >= 11 is 1.40. The fourth-order valence-corrected chi connectivity index (χ4v) is 2.59. The van der Waals surface area contributed by atoms with Crippen molar-refractivity contribution in [2.24, 2.45) is 7.05 Å². The molecule has 1 amide bonds. The summed E-state index contributed by atoms with van der Waals surface area (Å²) in [5.41, 5.74) is 1.85. The zero-order valence-corrected chi connectivity index (χ0v) is 12.5. The number of halogens is 3. The number of amides is 1. The van der Waals surface area contributed by atoms with E-state index in [1.165, 1.54) is 11.8 Å². The Balaban J connectivity index is 1.76. The van der Waals surface area contributed by atoms with Gasteiger partial charge in [-0.15, -0.1) is 0 Å². The zero-order valence-electron chi connectivity index (χ0n) is 11.7. The van der Waals surface area contributed by atoms with Crippen molar-refractivity contribution >= 4 is 28.9 Å². The van der Waals surface area contributed by atoms with Crippen LogP contribution in [0.5, 0.6) is 0 Å². The predicted molar refractivity (Wildman–Crippen MR) is 76.8 cm³/mol. The molecule has 0 unspecified atom stereocenters. The lowest BCUT2D eigenvalue weighted by Gasteiger charge is -2.08. The van der Waals surface area contributed by atoms with Gasteiger partial charge in [-0.1, -0.05) is 23.9 Å². The molecule has 1 heterocycles. The molecule has 0 aliphatic heterocycles. The highest BCUT2D eigenvalue weighted by molar-refractivity contribution is 7.99. The second-order valence-corrected chi connectivity index (χ2v) is 5.47. The molecule has 2 rings (SSSR count). The van der Waals surface area contributed by atoms with Gasteiger partial charge in [-0.25, -0.2) is 9.78 Å². The van der Waals surface area contributed by atoms with Gasteiger partial charge in [0.25, 0.3) is 0 Å². The molecule has 0 radical (unpaired) electrons. The molecule has 0 saturated carbocycles. The summed E-state index contributed by atoms with van der Waals surface area (Å²) in [6.45, 7) is -1.40. The van der Waals surface area contributed by atoms with E-state index >= 15 is 0 Å². The highest BCUT2D eigenvalue weighted by Crippen LogP contribution is 2.22. The van der Waals surface area contributed by atoms with Gasteiger partial charge < -0.3 is 14.6 Å². The minimum Gasteiger partial charge on any atom is -0.440 e. The fraction of sp³-hybridized carbons (Fsp3) is 0.385. The van der Waals surface area contributed by atoms with Crippen molar-refractivity contribution < 1.29 is 22.7 Å². The second kappa shape index (κ2) is 6.91. The number of thioether (sulfide) groups is 1. The first-order valence-electron chi connectivity index (χ1n) is 6.38. The number of nitrogens with one attached hydrogen (secondary N) is 1. The molecule has 1 N–H and O–H groups in total. The van der Waals surface area contributed by atoms with Gasteiger partial charge in [-0.05, 0) is 12.1 Å². The van der Waals surface area contributed by atoms with Crippen molar-refractivity contribution in [2.45, 2.75) is 11.3 Å². The van der Waals surface area contributed by atoms with E-state index in [1.807, 2.05) is 35.9 Å². The molecule has 0 spiro atoms. The Hall–Kier alpha value is -1.90. The van der Waals surface area contributed by atoms with E-state index < -0.39 is 18.9 Å². The average Bonchev–Trinajstić information content (AvgIpc) is 2.78. The molecule has 2 aromatic rings. The molecule has 0 bridgehead atoms. The van der Waals surface area contributed by atoms with Crippen LogP contribution >= 0.6 is 11.8 Å². The van der Waals surface area contributed by atoms with E-state index in [-0.39, 0.29) is 6.54 Å². The van der Waals surface area contributed by atoms with Crippen LogP contribution < -0.4 is 5.32 Å². The average molecular weight is 333 g/mol. The Morgan fingerprint density at radius 3 is 2.82 bits per heavy atom. The van der Waals surface area contributed by atoms with Crippen LogP contribution in [-0.2, 0) is 11.8 Å². The summed E-state index contributed by atoms with van der Waals surface area (Å²) in [5, 5.41) is 3.03. The van der Waals surface area contributed by atoms with Gasteiger partial charge in [0.05, 0.1) is 11.0 Å². The minimum absolute atomic E-state index is 0.185. The number of alkyl halides is 3. The Morgan fingerprint density at radius 2 is 2.14 bits per heavy atom. The fourth-order valence-electron chi connectivity index (χ4n) is 1.75. The van der Waals surface area contributed by atoms with Crippen LogP contribution in [0, 0.1) is 0 Å². The molecular formula is C13H14F3N3O2S. The number of nitrogens with zero attached hydrogens (tertiary/aromatic N) is 2. The Bertz CT molecular complexity index is 658. The number of aryl methyl sites for hydroxylation is 1. The number of carbonyl (C=O) groups excluding carboxylic acids is 1. The Morgan fingerprint density at radius 1 is 1.41 bits per heavy atom. The number of alkyl carbamates (subject to hydrolysis) is 1. The number of para-hydroxylation sites is 2. The van der Waals surface area contributed by atoms with Crippen LogP contribution in [0.25, 0.3) is 11.0 Å². The van der Waals surface area contributed by atoms with Crippen LogP contribution in [0.15, 0.2) is 29.4 Å². The maximum Gasteiger partial charge on any atom is 0.422 e. The number of rotatable bonds is 5. The SMILES string of the molecule is Cn1c(SCCNC(=O)OCC(F)(F)F)nc2ccccc21. The highest BCUT2D eigenvalue weighted by Gasteiger charge is 2.29. The molecule has 0 aliphatic carbocycles. The van der Waals surface area contributed by atoms with E-state index in [4.69, 9.17) is 0 Å². The summed E-state index contributed by atoms with van der Waals surface area (Å²) < 4.78 is 41.5. The summed E-state index contributed by atoms with van der Waals surface area (Å²) in [6, 6.07) is 7.64. The Kier molecular flexibility index (Phi) is 5.17. The molecule has 0 atom stereocenters. The lowest BCUT2D eigenvalue weighted by atomic mass is 10.3. The van der Waals surface area contributed by atoms with Gasteiger partial charge in [-0.2, -0.15) is 13.2 Å². The van der Waals surface area contributed by atoms with Gasteiger partial charge in [-0.3, -0.25) is 0 Å². The standard InChI is InChI=1S/C13H14F3N3O2S/c1-19-10-5-3-2-4-9(10)18-11(19)22-7-6-17-12(20)21-8-13(14,15)16/h2-5H,6-8H2,1H3,(H,17,20). The third kappa shape index (κ3) is 4.55. The second-order valence-electron chi connectivity index (χ2n) is 4.41. The van der Waals surface area contributed by atoms with E-state index in [1.54, 1.807) is 0 Å². The van der Waals surface area contributed by atoms with Crippen molar-refractivity contribution in [3.63, 3.8) is 0 Å². The molecule has 120 valence electrons. The van der Waals surface area contributed by atoms with Gasteiger partial charge in [0.2, 0.25) is 0 Å². The first-order valence-corrected chi connectivity index (χ1v) is 7.37. The highest BCUT2D eigenvalue weighted by atomic mass is 32.2. The number of benzene rings is 1. The van der Waals surface area contributed by atoms with Gasteiger partial charge >= 0.3 is 12.3 Å². The maximum absolute atomic E-state index is 11.9. The lowest BCUT2D eigenvalue weighted by molar-refractivity contribution is -0.160. The third-order valence-corrected chi connectivity index (χ3v) is 3.75. The maximum atomic E-state index is 11.9. The molecule has 0 fully saturated rings. The number of imidazole rings is 1. The molecule has 1 aromatic carbocycles. The normalized spacial score (nSPS) is 11.6. The first kappa shape index (κ1) is 16.5. The number of fused-ring (bicyclic) bond motifs is 1. The lowest BCUT2D eigenvalue weighted by Crippen LogP contribution is -2.30. The quantitative estimate of drug-likeness (QED) is 0.675. The monoisotopic (exact) mass is 333 g/mol. The van der Waals surface area contributed by atoms with E-state index in [2.05, 4.69) is 15.0 Å². The number of aromatic nitrogens is 2. The van der Waals surface area contributed by atoms with Crippen LogP contribution in [0.3, 0.4) is 0 Å². The van der Waals surface area contributed by atoms with E-state index in [0.717, 1.165) is 16.2 Å². The van der Waals surface area contributed by atoms with Crippen molar-refractivity contribution in [3.05, 3.63) is 24.3 Å². The van der Waals surface area contributed by atoms with Crippen molar-refractivity contribution in [3.8, 4) is 0 Å². The summed E-state index contributed by atoms with van der Waals surface area (Å²) in [6.07, 6.45) is -5.60. The Labute approximate surface area is 128 Å². The molecule has 22 heavy (non-hydrogen) atoms. The minimum atomic E-state index is -4.51. The number of hydrogen-bond donors (Lipinski definition) is 1. The molecule has 1 aromatic heterocycles. The predicted octanol–water partition coefficient (Wildman–Crippen LogP) is 2.95. The molecule has 0 saturated heterocycles. The van der Waals surface area contributed by atoms with Gasteiger partial charge in [0.15, 0.2) is 11.8 Å². The van der Waals surface area contributed by atoms with Crippen LogP contribution in [-0.4, -0.2) is 40.7 Å². The van der Waals surface area contributed by atoms with Crippen molar-refractivity contribution in [1.82, 2.24) is 14.9 Å². The first-order chi connectivity index (χ1) is 10.4. The van der Waals surface area contributed by atoms with E-state index in [0.29, 0.717) is 5.75 Å². The summed E-state index contributed by atoms with van der Waals surface area (Å²) in [5.74, 6) is 0.471. The molecule has 0 aliphatic rings. The van der Waals surface area contributed by atoms with Crippen LogP contribution in [0.4, 0.5) is 18.0 Å². The molecular weight excluding hydrogens is 319 g/mol. The van der Waals surface area contributed by atoms with Gasteiger partial charge in [0.1, 0.15) is 0 Å². The molecule has 5 nitrogen and oxygen atoms in total. The number of hydrogen-bond acceptors (Lipinski definition) is 4. The zero-order chi connectivity index (χ0) is 16.2. The van der Waals surface area contributed by atoms with Crippen molar-refractivity contribution in [2.75, 3.05) is 18.9 Å². The van der Waals surface area contributed by atoms with Crippen LogP contribution in [0.1, 0.15) is 0 Å². The third-order valence-electron chi connectivity index (χ3n) is 2.72. The number of ether oxygens (including phenoxy) is 1. The van der Waals surface area contributed by atoms with Crippen LogP contribution in [0.2, 0.25) is 0 Å². The van der Waals surface area contributed by atoms with E-state index in [9.17, 15) is 18.0 Å². The summed E-state index contributed by atoms with van der Waals surface area (Å²) in [7, 11) is 1.88.